The van der Waals surface area contributed by atoms with E-state index in [0.717, 1.165) is 10.0 Å². The molecule has 0 aromatic heterocycles. The van der Waals surface area contributed by atoms with Gasteiger partial charge in [0, 0.05) is 20.7 Å². The number of anilines is 1. The fourth-order valence-electron chi connectivity index (χ4n) is 2.59. The molecule has 144 valence electrons. The van der Waals surface area contributed by atoms with Crippen molar-refractivity contribution in [3.63, 3.8) is 0 Å². The van der Waals surface area contributed by atoms with Crippen molar-refractivity contribution >= 4 is 50.8 Å². The Morgan fingerprint density at radius 1 is 1.10 bits per heavy atom. The molecule has 6 heteroatoms. The van der Waals surface area contributed by atoms with E-state index >= 15 is 0 Å². The van der Waals surface area contributed by atoms with Crippen LogP contribution >= 0.6 is 27.5 Å². The minimum Gasteiger partial charge on any atom is -0.483 e. The Balaban J connectivity index is 1.79. The van der Waals surface area contributed by atoms with Gasteiger partial charge in [-0.05, 0) is 54.1 Å². The van der Waals surface area contributed by atoms with Crippen LogP contribution in [0.15, 0.2) is 77.3 Å². The van der Waals surface area contributed by atoms with Crippen LogP contribution in [0.5, 0.6) is 5.75 Å². The van der Waals surface area contributed by atoms with E-state index in [1.807, 2.05) is 42.5 Å². The molecular weight excluding hydrogens is 452 g/mol. The molecule has 3 aromatic carbocycles. The number of rotatable bonds is 6. The highest BCUT2D eigenvalue weighted by atomic mass is 79.9. The van der Waals surface area contributed by atoms with Gasteiger partial charge >= 0.3 is 0 Å². The molecule has 0 fully saturated rings. The van der Waals surface area contributed by atoms with Gasteiger partial charge in [0.25, 0.3) is 5.91 Å². The largest absolute Gasteiger partial charge is 0.483 e. The lowest BCUT2D eigenvalue weighted by Gasteiger charge is -2.11. The second kappa shape index (κ2) is 9.92. The summed E-state index contributed by atoms with van der Waals surface area (Å²) >= 11 is 9.51. The number of nitrogens with one attached hydrogen (secondary N) is 1. The van der Waals surface area contributed by atoms with E-state index in [1.54, 1.807) is 36.4 Å². The first-order valence-electron chi connectivity index (χ1n) is 8.70. The lowest BCUT2D eigenvalue weighted by atomic mass is 10.0. The minimum absolute atomic E-state index is 0.169. The predicted octanol–water partition coefficient (Wildman–Crippen LogP) is 6.18. The Morgan fingerprint density at radius 3 is 2.52 bits per heavy atom. The monoisotopic (exact) mass is 466 g/mol. The molecular formula is C23H16BrClN2O2. The van der Waals surface area contributed by atoms with Gasteiger partial charge in [-0.2, -0.15) is 5.26 Å². The lowest BCUT2D eigenvalue weighted by molar-refractivity contribution is -0.118. The van der Waals surface area contributed by atoms with Gasteiger partial charge in [0.1, 0.15) is 5.75 Å². The van der Waals surface area contributed by atoms with Gasteiger partial charge in [-0.1, -0.05) is 57.9 Å². The Bertz CT molecular complexity index is 1070. The number of hydrogen-bond acceptors (Lipinski definition) is 3. The van der Waals surface area contributed by atoms with Crippen LogP contribution in [0.3, 0.4) is 0 Å². The van der Waals surface area contributed by atoms with Crippen LogP contribution < -0.4 is 10.1 Å². The van der Waals surface area contributed by atoms with Crippen LogP contribution in [0.1, 0.15) is 11.1 Å². The SMILES string of the molecule is N#C/C(=C\c1cc(Cl)ccc1OCC(=O)Nc1ccccc1)c1ccc(Br)cc1. The molecule has 0 saturated heterocycles. The van der Waals surface area contributed by atoms with E-state index in [2.05, 4.69) is 27.3 Å². The van der Waals surface area contributed by atoms with Crippen LogP contribution in [0.4, 0.5) is 5.69 Å². The first-order chi connectivity index (χ1) is 14.0. The number of allylic oxidation sites excluding steroid dienone is 1. The zero-order chi connectivity index (χ0) is 20.6. The van der Waals surface area contributed by atoms with E-state index in [0.29, 0.717) is 27.6 Å². The van der Waals surface area contributed by atoms with Crippen molar-refractivity contribution in [1.82, 2.24) is 0 Å². The Kier molecular flexibility index (Phi) is 7.07. The fourth-order valence-corrected chi connectivity index (χ4v) is 3.04. The Morgan fingerprint density at radius 2 is 1.83 bits per heavy atom. The molecule has 0 spiro atoms. The quantitative estimate of drug-likeness (QED) is 0.347. The molecule has 0 unspecified atom stereocenters. The average Bonchev–Trinajstić information content (AvgIpc) is 2.73. The number of carbonyl (C=O) groups excluding carboxylic acids is 1. The highest BCUT2D eigenvalue weighted by Crippen LogP contribution is 2.28. The molecule has 0 radical (unpaired) electrons. The van der Waals surface area contributed by atoms with E-state index < -0.39 is 0 Å². The van der Waals surface area contributed by atoms with Crippen molar-refractivity contribution in [2.75, 3.05) is 11.9 Å². The number of ether oxygens (including phenoxy) is 1. The molecule has 4 nitrogen and oxygen atoms in total. The first-order valence-corrected chi connectivity index (χ1v) is 9.87. The van der Waals surface area contributed by atoms with E-state index in [1.165, 1.54) is 0 Å². The second-order valence-electron chi connectivity index (χ2n) is 6.06. The third-order valence-electron chi connectivity index (χ3n) is 3.96. The molecule has 3 rings (SSSR count). The van der Waals surface area contributed by atoms with Crippen LogP contribution in [0, 0.1) is 11.3 Å². The van der Waals surface area contributed by atoms with Gasteiger partial charge in [0.15, 0.2) is 6.61 Å². The summed E-state index contributed by atoms with van der Waals surface area (Å²) in [6.07, 6.45) is 1.69. The van der Waals surface area contributed by atoms with E-state index in [4.69, 9.17) is 16.3 Å². The lowest BCUT2D eigenvalue weighted by Crippen LogP contribution is -2.20. The summed E-state index contributed by atoms with van der Waals surface area (Å²) in [7, 11) is 0. The smallest absolute Gasteiger partial charge is 0.262 e. The number of amides is 1. The number of halogens is 2. The minimum atomic E-state index is -0.283. The van der Waals surface area contributed by atoms with E-state index in [-0.39, 0.29) is 12.5 Å². The van der Waals surface area contributed by atoms with Crippen LogP contribution in [0.25, 0.3) is 11.6 Å². The third kappa shape index (κ3) is 5.95. The fraction of sp³-hybridized carbons (Fsp3) is 0.0435. The molecule has 0 aliphatic heterocycles. The molecule has 0 atom stereocenters. The number of nitriles is 1. The number of hydrogen-bond donors (Lipinski definition) is 1. The maximum absolute atomic E-state index is 12.2. The molecule has 0 aliphatic rings. The maximum atomic E-state index is 12.2. The number of nitrogens with zero attached hydrogens (tertiary/aromatic N) is 1. The van der Waals surface area contributed by atoms with Crippen LogP contribution in [-0.4, -0.2) is 12.5 Å². The van der Waals surface area contributed by atoms with Gasteiger partial charge in [-0.15, -0.1) is 0 Å². The third-order valence-corrected chi connectivity index (χ3v) is 4.73. The zero-order valence-corrected chi connectivity index (χ0v) is 17.6. The van der Waals surface area contributed by atoms with Gasteiger partial charge in [-0.3, -0.25) is 4.79 Å². The van der Waals surface area contributed by atoms with Crippen molar-refractivity contribution in [2.45, 2.75) is 0 Å². The second-order valence-corrected chi connectivity index (χ2v) is 7.41. The molecule has 3 aromatic rings. The topological polar surface area (TPSA) is 62.1 Å². The van der Waals surface area contributed by atoms with Crippen LogP contribution in [-0.2, 0) is 4.79 Å². The molecule has 0 heterocycles. The number of para-hydroxylation sites is 1. The van der Waals surface area contributed by atoms with Gasteiger partial charge < -0.3 is 10.1 Å². The molecule has 1 amide bonds. The predicted molar refractivity (Wildman–Crippen MR) is 120 cm³/mol. The van der Waals surface area contributed by atoms with Crippen molar-refractivity contribution in [3.8, 4) is 11.8 Å². The van der Waals surface area contributed by atoms with Crippen molar-refractivity contribution in [2.24, 2.45) is 0 Å². The molecule has 0 bridgehead atoms. The van der Waals surface area contributed by atoms with Crippen LogP contribution in [0.2, 0.25) is 5.02 Å². The van der Waals surface area contributed by atoms with Crippen molar-refractivity contribution < 1.29 is 9.53 Å². The molecule has 0 aliphatic carbocycles. The molecule has 29 heavy (non-hydrogen) atoms. The molecule has 0 saturated carbocycles. The summed E-state index contributed by atoms with van der Waals surface area (Å²) in [6.45, 7) is -0.169. The van der Waals surface area contributed by atoms with Gasteiger partial charge in [-0.25, -0.2) is 0 Å². The maximum Gasteiger partial charge on any atom is 0.262 e. The average molecular weight is 468 g/mol. The summed E-state index contributed by atoms with van der Waals surface area (Å²) in [5, 5.41) is 12.9. The van der Waals surface area contributed by atoms with Gasteiger partial charge in [0.05, 0.1) is 11.6 Å². The molecule has 1 N–H and O–H groups in total. The van der Waals surface area contributed by atoms with Gasteiger partial charge in [0.2, 0.25) is 0 Å². The zero-order valence-electron chi connectivity index (χ0n) is 15.2. The summed E-state index contributed by atoms with van der Waals surface area (Å²) in [6, 6.07) is 23.8. The van der Waals surface area contributed by atoms with Crippen molar-refractivity contribution in [3.05, 3.63) is 93.4 Å². The number of benzene rings is 3. The summed E-state index contributed by atoms with van der Waals surface area (Å²) in [5.41, 5.74) is 2.53. The standard InChI is InChI=1S/C23H16BrClN2O2/c24-19-8-6-16(7-9-19)18(14-26)12-17-13-20(25)10-11-22(17)29-15-23(28)27-21-4-2-1-3-5-21/h1-13H,15H2,(H,27,28)/b18-12+. The highest BCUT2D eigenvalue weighted by Gasteiger charge is 2.09. The Hall–Kier alpha value is -3.07. The number of carbonyl (C=O) groups is 1. The Labute approximate surface area is 182 Å². The summed E-state index contributed by atoms with van der Waals surface area (Å²) in [5.74, 6) is 0.178. The first kappa shape index (κ1) is 20.7. The summed E-state index contributed by atoms with van der Waals surface area (Å²) < 4.78 is 6.62. The normalized spacial score (nSPS) is 10.9. The van der Waals surface area contributed by atoms with Crippen molar-refractivity contribution in [1.29, 1.82) is 5.26 Å². The highest BCUT2D eigenvalue weighted by molar-refractivity contribution is 9.10. The summed E-state index contributed by atoms with van der Waals surface area (Å²) in [4.78, 5) is 12.2. The van der Waals surface area contributed by atoms with E-state index in [9.17, 15) is 10.1 Å².